The fourth-order valence-corrected chi connectivity index (χ4v) is 2.04. The maximum atomic E-state index is 12.9. The fourth-order valence-electron chi connectivity index (χ4n) is 1.81. The van der Waals surface area contributed by atoms with Crippen LogP contribution in [0.5, 0.6) is 0 Å². The first-order valence-electron chi connectivity index (χ1n) is 6.87. The van der Waals surface area contributed by atoms with E-state index in [0.29, 0.717) is 11.1 Å². The molecule has 24 heavy (non-hydrogen) atoms. The summed E-state index contributed by atoms with van der Waals surface area (Å²) in [5.74, 6) is -1.65. The lowest BCUT2D eigenvalue weighted by atomic mass is 10.1. The molecular formula is C17H12ClFN2O3. The van der Waals surface area contributed by atoms with Gasteiger partial charge >= 0.3 is 5.97 Å². The Morgan fingerprint density at radius 2 is 1.92 bits per heavy atom. The quantitative estimate of drug-likeness (QED) is 0.844. The van der Waals surface area contributed by atoms with E-state index < -0.39 is 24.3 Å². The average Bonchev–Trinajstić information content (AvgIpc) is 2.59. The van der Waals surface area contributed by atoms with Crippen molar-refractivity contribution in [1.29, 1.82) is 5.26 Å². The minimum Gasteiger partial charge on any atom is -0.452 e. The summed E-state index contributed by atoms with van der Waals surface area (Å²) in [5.41, 5.74) is 1.20. The molecule has 0 unspecified atom stereocenters. The number of nitrogens with zero attached hydrogens (tertiary/aromatic N) is 1. The van der Waals surface area contributed by atoms with Crippen molar-refractivity contribution in [3.63, 3.8) is 0 Å². The Kier molecular flexibility index (Phi) is 5.88. The SMILES string of the molecule is N#Cc1ccc(C(=O)OCC(=O)NCc2ccc(F)cc2Cl)cc1. The van der Waals surface area contributed by atoms with Gasteiger partial charge in [0.1, 0.15) is 5.82 Å². The largest absolute Gasteiger partial charge is 0.452 e. The summed E-state index contributed by atoms with van der Waals surface area (Å²) in [4.78, 5) is 23.4. The molecule has 0 aliphatic heterocycles. The predicted octanol–water partition coefficient (Wildman–Crippen LogP) is 2.82. The molecule has 0 heterocycles. The van der Waals surface area contributed by atoms with Gasteiger partial charge in [-0.15, -0.1) is 0 Å². The van der Waals surface area contributed by atoms with Gasteiger partial charge in [-0.05, 0) is 42.0 Å². The zero-order valence-electron chi connectivity index (χ0n) is 12.4. The number of carbonyl (C=O) groups excluding carboxylic acids is 2. The molecule has 1 amide bonds. The zero-order chi connectivity index (χ0) is 17.5. The Morgan fingerprint density at radius 1 is 1.21 bits per heavy atom. The summed E-state index contributed by atoms with van der Waals surface area (Å²) in [6, 6.07) is 11.6. The first-order valence-corrected chi connectivity index (χ1v) is 7.25. The van der Waals surface area contributed by atoms with E-state index in [9.17, 15) is 14.0 Å². The topological polar surface area (TPSA) is 79.2 Å². The molecule has 0 aliphatic rings. The predicted molar refractivity (Wildman–Crippen MR) is 84.7 cm³/mol. The van der Waals surface area contributed by atoms with E-state index in [-0.39, 0.29) is 17.1 Å². The number of ether oxygens (including phenoxy) is 1. The highest BCUT2D eigenvalue weighted by molar-refractivity contribution is 6.31. The molecule has 1 N–H and O–H groups in total. The van der Waals surface area contributed by atoms with Crippen LogP contribution in [0.25, 0.3) is 0 Å². The lowest BCUT2D eigenvalue weighted by Crippen LogP contribution is -2.28. The van der Waals surface area contributed by atoms with E-state index in [4.69, 9.17) is 21.6 Å². The highest BCUT2D eigenvalue weighted by Crippen LogP contribution is 2.16. The van der Waals surface area contributed by atoms with Gasteiger partial charge in [0.2, 0.25) is 0 Å². The number of benzene rings is 2. The molecule has 0 atom stereocenters. The molecule has 0 saturated heterocycles. The van der Waals surface area contributed by atoms with Crippen molar-refractivity contribution in [2.24, 2.45) is 0 Å². The van der Waals surface area contributed by atoms with E-state index in [1.165, 1.54) is 36.4 Å². The summed E-state index contributed by atoms with van der Waals surface area (Å²) < 4.78 is 17.8. The minimum absolute atomic E-state index is 0.0896. The van der Waals surface area contributed by atoms with Gasteiger partial charge < -0.3 is 10.1 Å². The van der Waals surface area contributed by atoms with Crippen LogP contribution in [0.2, 0.25) is 5.02 Å². The molecule has 2 aromatic carbocycles. The maximum Gasteiger partial charge on any atom is 0.338 e. The van der Waals surface area contributed by atoms with Gasteiger partial charge in [0.05, 0.1) is 17.2 Å². The van der Waals surface area contributed by atoms with Crippen LogP contribution in [0.15, 0.2) is 42.5 Å². The fraction of sp³-hybridized carbons (Fsp3) is 0.118. The average molecular weight is 347 g/mol. The van der Waals surface area contributed by atoms with Gasteiger partial charge in [-0.3, -0.25) is 4.79 Å². The number of hydrogen-bond donors (Lipinski definition) is 1. The minimum atomic E-state index is -0.672. The van der Waals surface area contributed by atoms with Crippen LogP contribution in [0.1, 0.15) is 21.5 Å². The Bertz CT molecular complexity index is 800. The molecule has 0 spiro atoms. The monoisotopic (exact) mass is 346 g/mol. The Balaban J connectivity index is 1.82. The van der Waals surface area contributed by atoms with Gasteiger partial charge in [-0.1, -0.05) is 17.7 Å². The molecule has 2 rings (SSSR count). The second-order valence-electron chi connectivity index (χ2n) is 4.78. The highest BCUT2D eigenvalue weighted by Gasteiger charge is 2.11. The van der Waals surface area contributed by atoms with Gasteiger partial charge in [0, 0.05) is 11.6 Å². The molecule has 0 aromatic heterocycles. The second kappa shape index (κ2) is 8.09. The lowest BCUT2D eigenvalue weighted by Gasteiger charge is -2.08. The molecule has 0 fully saturated rings. The summed E-state index contributed by atoms with van der Waals surface area (Å²) in [5, 5.41) is 11.4. The molecule has 2 aromatic rings. The third-order valence-corrected chi connectivity index (χ3v) is 3.43. The van der Waals surface area contributed by atoms with Crippen LogP contribution in [0.4, 0.5) is 4.39 Å². The number of hydrogen-bond acceptors (Lipinski definition) is 4. The van der Waals surface area contributed by atoms with E-state index in [2.05, 4.69) is 5.32 Å². The lowest BCUT2D eigenvalue weighted by molar-refractivity contribution is -0.124. The smallest absolute Gasteiger partial charge is 0.338 e. The molecule has 0 radical (unpaired) electrons. The molecule has 0 bridgehead atoms. The standard InChI is InChI=1S/C17H12ClFN2O3/c18-15-7-14(19)6-5-13(15)9-21-16(22)10-24-17(23)12-3-1-11(8-20)2-4-12/h1-7H,9-10H2,(H,21,22). The van der Waals surface area contributed by atoms with E-state index in [1.807, 2.05) is 6.07 Å². The normalized spacial score (nSPS) is 9.88. The van der Waals surface area contributed by atoms with Crippen molar-refractivity contribution in [2.45, 2.75) is 6.54 Å². The van der Waals surface area contributed by atoms with Crippen LogP contribution in [0, 0.1) is 17.1 Å². The number of halogens is 2. The van der Waals surface area contributed by atoms with Gasteiger partial charge in [0.15, 0.2) is 6.61 Å². The molecule has 0 aliphatic carbocycles. The van der Waals surface area contributed by atoms with Crippen molar-refractivity contribution >= 4 is 23.5 Å². The van der Waals surface area contributed by atoms with Crippen molar-refractivity contribution < 1.29 is 18.7 Å². The van der Waals surface area contributed by atoms with Gasteiger partial charge in [-0.2, -0.15) is 5.26 Å². The summed E-state index contributed by atoms with van der Waals surface area (Å²) in [6.07, 6.45) is 0. The molecule has 122 valence electrons. The second-order valence-corrected chi connectivity index (χ2v) is 5.18. The first-order chi connectivity index (χ1) is 11.5. The molecule has 5 nitrogen and oxygen atoms in total. The summed E-state index contributed by atoms with van der Waals surface area (Å²) in [6.45, 7) is -0.371. The van der Waals surface area contributed by atoms with Crippen molar-refractivity contribution in [3.05, 3.63) is 70.0 Å². The first kappa shape index (κ1) is 17.4. The number of amides is 1. The number of nitrogens with one attached hydrogen (secondary N) is 1. The number of rotatable bonds is 5. The van der Waals surface area contributed by atoms with Crippen LogP contribution >= 0.6 is 11.6 Å². The Morgan fingerprint density at radius 3 is 2.54 bits per heavy atom. The summed E-state index contributed by atoms with van der Waals surface area (Å²) >= 11 is 5.85. The van der Waals surface area contributed by atoms with Crippen LogP contribution in [-0.2, 0) is 16.1 Å². The van der Waals surface area contributed by atoms with Crippen LogP contribution in [-0.4, -0.2) is 18.5 Å². The highest BCUT2D eigenvalue weighted by atomic mass is 35.5. The number of nitriles is 1. The van der Waals surface area contributed by atoms with Crippen molar-refractivity contribution in [3.8, 4) is 6.07 Å². The Labute approximate surface area is 142 Å². The van der Waals surface area contributed by atoms with E-state index in [1.54, 1.807) is 0 Å². The summed E-state index contributed by atoms with van der Waals surface area (Å²) in [7, 11) is 0. The van der Waals surface area contributed by atoms with Gasteiger partial charge in [-0.25, -0.2) is 9.18 Å². The number of carbonyl (C=O) groups is 2. The third-order valence-electron chi connectivity index (χ3n) is 3.08. The van der Waals surface area contributed by atoms with E-state index in [0.717, 1.165) is 6.07 Å². The van der Waals surface area contributed by atoms with Crippen molar-refractivity contribution in [2.75, 3.05) is 6.61 Å². The van der Waals surface area contributed by atoms with E-state index >= 15 is 0 Å². The molecule has 0 saturated carbocycles. The van der Waals surface area contributed by atoms with Gasteiger partial charge in [0.25, 0.3) is 5.91 Å². The number of esters is 1. The van der Waals surface area contributed by atoms with Crippen LogP contribution in [0.3, 0.4) is 0 Å². The third kappa shape index (κ3) is 4.80. The zero-order valence-corrected chi connectivity index (χ0v) is 13.1. The molecule has 7 heteroatoms. The maximum absolute atomic E-state index is 12.9. The van der Waals surface area contributed by atoms with Crippen LogP contribution < -0.4 is 5.32 Å². The molecular weight excluding hydrogens is 335 g/mol. The Hall–Kier alpha value is -2.91. The van der Waals surface area contributed by atoms with Crippen molar-refractivity contribution in [1.82, 2.24) is 5.32 Å².